The molecule has 35 heavy (non-hydrogen) atoms. The number of urea groups is 1. The normalized spacial score (nSPS) is 16.5. The summed E-state index contributed by atoms with van der Waals surface area (Å²) in [7, 11) is 0. The standard InChI is InChI=1S/C28H38N4O3/c1-3-4-17-29-28(35)32-19-18-31(21-22(32)2)27(34)25(20-24-13-9-6-10-14-24)30-26(33)16-15-23-11-7-5-8-12-23/h5-14,22,25H,3-4,15-21H2,1-2H3,(H,29,35)(H,30,33). The second-order valence-electron chi connectivity index (χ2n) is 9.21. The van der Waals surface area contributed by atoms with Crippen LogP contribution in [0.4, 0.5) is 4.79 Å². The Kier molecular flexibility index (Phi) is 10.1. The summed E-state index contributed by atoms with van der Waals surface area (Å²) in [5, 5.41) is 5.96. The fourth-order valence-electron chi connectivity index (χ4n) is 4.37. The molecule has 0 radical (unpaired) electrons. The van der Waals surface area contributed by atoms with E-state index in [1.807, 2.05) is 67.6 Å². The molecule has 3 rings (SSSR count). The third-order valence-electron chi connectivity index (χ3n) is 6.41. The van der Waals surface area contributed by atoms with Crippen LogP contribution in [0.15, 0.2) is 60.7 Å². The van der Waals surface area contributed by atoms with Crippen LogP contribution in [0.2, 0.25) is 0 Å². The third-order valence-corrected chi connectivity index (χ3v) is 6.41. The number of piperazine rings is 1. The molecule has 1 fully saturated rings. The first-order valence-corrected chi connectivity index (χ1v) is 12.7. The van der Waals surface area contributed by atoms with Crippen molar-refractivity contribution in [3.63, 3.8) is 0 Å². The Morgan fingerprint density at radius 1 is 0.971 bits per heavy atom. The van der Waals surface area contributed by atoms with Crippen LogP contribution in [0.3, 0.4) is 0 Å². The molecule has 7 nitrogen and oxygen atoms in total. The molecule has 188 valence electrons. The zero-order valence-corrected chi connectivity index (χ0v) is 20.9. The van der Waals surface area contributed by atoms with Gasteiger partial charge in [0.05, 0.1) is 0 Å². The summed E-state index contributed by atoms with van der Waals surface area (Å²) in [5.41, 5.74) is 2.09. The van der Waals surface area contributed by atoms with Gasteiger partial charge >= 0.3 is 6.03 Å². The Morgan fingerprint density at radius 2 is 1.63 bits per heavy atom. The van der Waals surface area contributed by atoms with E-state index in [1.165, 1.54) is 0 Å². The highest BCUT2D eigenvalue weighted by atomic mass is 16.2. The number of rotatable bonds is 10. The van der Waals surface area contributed by atoms with Gasteiger partial charge in [-0.3, -0.25) is 9.59 Å². The van der Waals surface area contributed by atoms with Crippen molar-refractivity contribution in [2.75, 3.05) is 26.2 Å². The van der Waals surface area contributed by atoms with E-state index in [0.717, 1.165) is 24.0 Å². The van der Waals surface area contributed by atoms with Crippen LogP contribution in [0, 0.1) is 0 Å². The smallest absolute Gasteiger partial charge is 0.317 e. The van der Waals surface area contributed by atoms with Gasteiger partial charge in [0, 0.05) is 45.1 Å². The van der Waals surface area contributed by atoms with Gasteiger partial charge in [-0.25, -0.2) is 4.79 Å². The quantitative estimate of drug-likeness (QED) is 0.514. The average Bonchev–Trinajstić information content (AvgIpc) is 2.88. The molecular weight excluding hydrogens is 440 g/mol. The highest BCUT2D eigenvalue weighted by Crippen LogP contribution is 2.14. The van der Waals surface area contributed by atoms with Crippen molar-refractivity contribution in [2.45, 2.75) is 58.0 Å². The van der Waals surface area contributed by atoms with Gasteiger partial charge in [-0.2, -0.15) is 0 Å². The lowest BCUT2D eigenvalue weighted by atomic mass is 10.0. The molecule has 2 unspecified atom stereocenters. The maximum atomic E-state index is 13.5. The molecule has 0 saturated carbocycles. The van der Waals surface area contributed by atoms with Crippen molar-refractivity contribution in [1.82, 2.24) is 20.4 Å². The van der Waals surface area contributed by atoms with Gasteiger partial charge in [0.1, 0.15) is 6.04 Å². The SMILES string of the molecule is CCCCNC(=O)N1CCN(C(=O)C(Cc2ccccc2)NC(=O)CCc2ccccc2)CC1C. The first-order valence-electron chi connectivity index (χ1n) is 12.7. The Hall–Kier alpha value is -3.35. The first kappa shape index (κ1) is 26.3. The average molecular weight is 479 g/mol. The van der Waals surface area contributed by atoms with Crippen LogP contribution in [-0.2, 0) is 22.4 Å². The van der Waals surface area contributed by atoms with Gasteiger partial charge in [0.15, 0.2) is 0 Å². The minimum absolute atomic E-state index is 0.0758. The molecule has 4 amide bonds. The summed E-state index contributed by atoms with van der Waals surface area (Å²) < 4.78 is 0. The number of hydrogen-bond donors (Lipinski definition) is 2. The predicted molar refractivity (Wildman–Crippen MR) is 138 cm³/mol. The second kappa shape index (κ2) is 13.5. The molecule has 2 N–H and O–H groups in total. The summed E-state index contributed by atoms with van der Waals surface area (Å²) in [6, 6.07) is 18.8. The highest BCUT2D eigenvalue weighted by molar-refractivity contribution is 5.88. The zero-order valence-electron chi connectivity index (χ0n) is 20.9. The van der Waals surface area contributed by atoms with Crippen LogP contribution in [-0.4, -0.2) is 65.9 Å². The van der Waals surface area contributed by atoms with Crippen molar-refractivity contribution in [3.8, 4) is 0 Å². The molecule has 0 bridgehead atoms. The van der Waals surface area contributed by atoms with Gasteiger partial charge in [-0.1, -0.05) is 74.0 Å². The number of aryl methyl sites for hydroxylation is 1. The number of carbonyl (C=O) groups excluding carboxylic acids is 3. The van der Waals surface area contributed by atoms with Gasteiger partial charge in [0.25, 0.3) is 0 Å². The second-order valence-corrected chi connectivity index (χ2v) is 9.21. The fraction of sp³-hybridized carbons (Fsp3) is 0.464. The van der Waals surface area contributed by atoms with E-state index < -0.39 is 6.04 Å². The summed E-state index contributed by atoms with van der Waals surface area (Å²) in [4.78, 5) is 42.4. The first-order chi connectivity index (χ1) is 17.0. The van der Waals surface area contributed by atoms with Crippen LogP contribution in [0.25, 0.3) is 0 Å². The maximum Gasteiger partial charge on any atom is 0.317 e. The Balaban J connectivity index is 1.61. The highest BCUT2D eigenvalue weighted by Gasteiger charge is 2.33. The van der Waals surface area contributed by atoms with E-state index in [2.05, 4.69) is 17.6 Å². The van der Waals surface area contributed by atoms with Crippen molar-refractivity contribution in [3.05, 3.63) is 71.8 Å². The van der Waals surface area contributed by atoms with Crippen LogP contribution in [0.1, 0.15) is 44.2 Å². The molecule has 0 aliphatic carbocycles. The summed E-state index contributed by atoms with van der Waals surface area (Å²) >= 11 is 0. The Labute approximate surface area is 208 Å². The predicted octanol–water partition coefficient (Wildman–Crippen LogP) is 3.39. The number of amides is 4. The van der Waals surface area contributed by atoms with Gasteiger partial charge in [-0.15, -0.1) is 0 Å². The zero-order chi connectivity index (χ0) is 25.0. The number of hydrogen-bond acceptors (Lipinski definition) is 3. The third kappa shape index (κ3) is 8.12. The molecule has 1 saturated heterocycles. The van der Waals surface area contributed by atoms with Gasteiger partial charge in [0.2, 0.25) is 11.8 Å². The fourth-order valence-corrected chi connectivity index (χ4v) is 4.37. The van der Waals surface area contributed by atoms with Crippen molar-refractivity contribution >= 4 is 17.8 Å². The molecule has 2 aromatic rings. The molecule has 2 atom stereocenters. The minimum atomic E-state index is -0.641. The molecule has 0 aromatic heterocycles. The molecule has 7 heteroatoms. The Bertz CT molecular complexity index is 951. The van der Waals surface area contributed by atoms with E-state index in [4.69, 9.17) is 0 Å². The molecule has 2 aromatic carbocycles. The molecule has 1 aliphatic rings. The lowest BCUT2D eigenvalue weighted by molar-refractivity contribution is -0.138. The lowest BCUT2D eigenvalue weighted by Crippen LogP contribution is -2.60. The number of carbonyl (C=O) groups is 3. The van der Waals surface area contributed by atoms with Crippen LogP contribution >= 0.6 is 0 Å². The van der Waals surface area contributed by atoms with Crippen LogP contribution < -0.4 is 10.6 Å². The summed E-state index contributed by atoms with van der Waals surface area (Å²) in [6.07, 6.45) is 3.36. The monoisotopic (exact) mass is 478 g/mol. The van der Waals surface area contributed by atoms with Gasteiger partial charge in [-0.05, 0) is 30.9 Å². The van der Waals surface area contributed by atoms with E-state index in [0.29, 0.717) is 45.4 Å². The van der Waals surface area contributed by atoms with Gasteiger partial charge < -0.3 is 20.4 Å². The van der Waals surface area contributed by atoms with Crippen molar-refractivity contribution in [1.29, 1.82) is 0 Å². The van der Waals surface area contributed by atoms with E-state index >= 15 is 0 Å². The molecule has 1 heterocycles. The van der Waals surface area contributed by atoms with E-state index in [-0.39, 0.29) is 23.9 Å². The summed E-state index contributed by atoms with van der Waals surface area (Å²) in [5.74, 6) is -0.232. The van der Waals surface area contributed by atoms with Crippen molar-refractivity contribution < 1.29 is 14.4 Å². The van der Waals surface area contributed by atoms with Crippen molar-refractivity contribution in [2.24, 2.45) is 0 Å². The number of unbranched alkanes of at least 4 members (excludes halogenated alkanes) is 1. The van der Waals surface area contributed by atoms with Crippen LogP contribution in [0.5, 0.6) is 0 Å². The number of nitrogens with one attached hydrogen (secondary N) is 2. The molecule has 0 spiro atoms. The maximum absolute atomic E-state index is 13.5. The Morgan fingerprint density at radius 3 is 2.26 bits per heavy atom. The largest absolute Gasteiger partial charge is 0.344 e. The van der Waals surface area contributed by atoms with E-state index in [9.17, 15) is 14.4 Å². The minimum Gasteiger partial charge on any atom is -0.344 e. The summed E-state index contributed by atoms with van der Waals surface area (Å²) in [6.45, 7) is 6.09. The lowest BCUT2D eigenvalue weighted by Gasteiger charge is -2.41. The topological polar surface area (TPSA) is 81.8 Å². The van der Waals surface area contributed by atoms with E-state index in [1.54, 1.807) is 9.80 Å². The molecular formula is C28H38N4O3. The number of benzene rings is 2. The molecule has 1 aliphatic heterocycles. The number of nitrogens with zero attached hydrogens (tertiary/aromatic N) is 2.